The van der Waals surface area contributed by atoms with Crippen molar-refractivity contribution in [3.63, 3.8) is 0 Å². The normalized spacial score (nSPS) is 13.9. The summed E-state index contributed by atoms with van der Waals surface area (Å²) in [6.07, 6.45) is 0. The monoisotopic (exact) mass is 561 g/mol. The second-order valence-corrected chi connectivity index (χ2v) is 12.6. The summed E-state index contributed by atoms with van der Waals surface area (Å²) in [7, 11) is 0. The smallest absolute Gasteiger partial charge is 0.235 e. The van der Waals surface area contributed by atoms with Gasteiger partial charge in [-0.25, -0.2) is 9.97 Å². The zero-order valence-corrected chi connectivity index (χ0v) is 24.5. The molecular weight excluding hydrogens is 534 g/mol. The van der Waals surface area contributed by atoms with Crippen molar-refractivity contribution in [3.8, 4) is 50.6 Å². The average molecular weight is 562 g/mol. The van der Waals surface area contributed by atoms with Crippen LogP contribution in [-0.4, -0.2) is 14.5 Å². The molecule has 0 N–H and O–H groups in total. The fourth-order valence-corrected chi connectivity index (χ4v) is 7.87. The van der Waals surface area contributed by atoms with Crippen LogP contribution in [0.25, 0.3) is 83.3 Å². The minimum atomic E-state index is -0.0324. The summed E-state index contributed by atoms with van der Waals surface area (Å²) >= 11 is 0. The molecule has 0 amide bonds. The van der Waals surface area contributed by atoms with Crippen molar-refractivity contribution in [2.45, 2.75) is 19.3 Å². The summed E-state index contributed by atoms with van der Waals surface area (Å²) < 4.78 is 2.24. The summed E-state index contributed by atoms with van der Waals surface area (Å²) in [5.74, 6) is 0.706. The molecule has 10 rings (SSSR count). The standard InChI is InChI=1S/C41H27N3/c1-41(2)33-15-7-5-11-27(33)28-20-18-25(23-34(28)41)24-19-21-37-32(22-24)29-12-6-8-17-36(29)44(37)40-42-35-16-9-14-30-26-10-3-4-13-31(26)39(43-40)38(30)35/h3-23H,1-2H3. The maximum atomic E-state index is 5.26. The lowest BCUT2D eigenvalue weighted by molar-refractivity contribution is 0.660. The number of fused-ring (bicyclic) bond motifs is 9. The van der Waals surface area contributed by atoms with Gasteiger partial charge >= 0.3 is 0 Å². The van der Waals surface area contributed by atoms with Crippen LogP contribution in [0.2, 0.25) is 0 Å². The third-order valence-electron chi connectivity index (χ3n) is 9.97. The maximum Gasteiger partial charge on any atom is 0.235 e. The molecule has 2 aliphatic rings. The van der Waals surface area contributed by atoms with E-state index in [9.17, 15) is 0 Å². The first-order valence-electron chi connectivity index (χ1n) is 15.3. The summed E-state index contributed by atoms with van der Waals surface area (Å²) in [6, 6.07) is 46.2. The van der Waals surface area contributed by atoms with Gasteiger partial charge in [-0.1, -0.05) is 111 Å². The Hall–Kier alpha value is -5.54. The molecule has 0 bridgehead atoms. The molecule has 2 heterocycles. The molecule has 0 atom stereocenters. The highest BCUT2D eigenvalue weighted by Gasteiger charge is 2.35. The van der Waals surface area contributed by atoms with E-state index in [0.29, 0.717) is 5.95 Å². The zero-order valence-electron chi connectivity index (χ0n) is 24.5. The molecule has 0 radical (unpaired) electrons. The first kappa shape index (κ1) is 24.0. The van der Waals surface area contributed by atoms with Crippen LogP contribution in [0.1, 0.15) is 25.0 Å². The number of para-hydroxylation sites is 1. The number of hydrogen-bond acceptors (Lipinski definition) is 2. The van der Waals surface area contributed by atoms with Crippen LogP contribution in [0.15, 0.2) is 127 Å². The highest BCUT2D eigenvalue weighted by molar-refractivity contribution is 6.14. The number of hydrogen-bond donors (Lipinski definition) is 0. The molecule has 8 aromatic rings. The first-order chi connectivity index (χ1) is 21.6. The van der Waals surface area contributed by atoms with Crippen LogP contribution < -0.4 is 0 Å². The molecule has 0 fully saturated rings. The van der Waals surface area contributed by atoms with Gasteiger partial charge in [-0.2, -0.15) is 0 Å². The molecule has 6 aromatic carbocycles. The fraction of sp³-hybridized carbons (Fsp3) is 0.0732. The molecule has 3 nitrogen and oxygen atoms in total. The van der Waals surface area contributed by atoms with Gasteiger partial charge in [0.2, 0.25) is 5.95 Å². The molecule has 2 aliphatic carbocycles. The van der Waals surface area contributed by atoms with E-state index in [1.165, 1.54) is 60.8 Å². The lowest BCUT2D eigenvalue weighted by atomic mass is 9.81. The van der Waals surface area contributed by atoms with Crippen molar-refractivity contribution in [1.82, 2.24) is 14.5 Å². The van der Waals surface area contributed by atoms with E-state index in [1.54, 1.807) is 0 Å². The zero-order chi connectivity index (χ0) is 29.2. The highest BCUT2D eigenvalue weighted by atomic mass is 15.2. The van der Waals surface area contributed by atoms with Gasteiger partial charge in [-0.3, -0.25) is 4.57 Å². The van der Waals surface area contributed by atoms with E-state index >= 15 is 0 Å². The second kappa shape index (κ2) is 8.30. The Morgan fingerprint density at radius 3 is 2.09 bits per heavy atom. The van der Waals surface area contributed by atoms with E-state index in [4.69, 9.17) is 9.97 Å². The molecule has 44 heavy (non-hydrogen) atoms. The van der Waals surface area contributed by atoms with E-state index in [1.807, 2.05) is 0 Å². The number of nitrogens with zero attached hydrogens (tertiary/aromatic N) is 3. The van der Waals surface area contributed by atoms with E-state index < -0.39 is 0 Å². The summed E-state index contributed by atoms with van der Waals surface area (Å²) in [5, 5.41) is 3.55. The maximum absolute atomic E-state index is 5.26. The Balaban J connectivity index is 1.18. The van der Waals surface area contributed by atoms with Crippen LogP contribution in [0.5, 0.6) is 0 Å². The predicted molar refractivity (Wildman–Crippen MR) is 181 cm³/mol. The van der Waals surface area contributed by atoms with Gasteiger partial charge in [0.15, 0.2) is 0 Å². The predicted octanol–water partition coefficient (Wildman–Crippen LogP) is 10.3. The largest absolute Gasteiger partial charge is 0.278 e. The lowest BCUT2D eigenvalue weighted by Crippen LogP contribution is -2.14. The summed E-state index contributed by atoms with van der Waals surface area (Å²) in [6.45, 7) is 4.68. The molecule has 0 aliphatic heterocycles. The first-order valence-corrected chi connectivity index (χ1v) is 15.3. The Bertz CT molecular complexity index is 2530. The third kappa shape index (κ3) is 3.01. The Morgan fingerprint density at radius 1 is 0.500 bits per heavy atom. The van der Waals surface area contributed by atoms with Gasteiger partial charge < -0.3 is 0 Å². The van der Waals surface area contributed by atoms with Crippen LogP contribution in [0.3, 0.4) is 0 Å². The third-order valence-corrected chi connectivity index (χ3v) is 9.97. The van der Waals surface area contributed by atoms with E-state index in [-0.39, 0.29) is 5.41 Å². The van der Waals surface area contributed by atoms with Gasteiger partial charge in [0, 0.05) is 27.1 Å². The van der Waals surface area contributed by atoms with Crippen LogP contribution in [-0.2, 0) is 5.41 Å². The van der Waals surface area contributed by atoms with Gasteiger partial charge in [0.25, 0.3) is 0 Å². The van der Waals surface area contributed by atoms with Gasteiger partial charge in [-0.15, -0.1) is 0 Å². The van der Waals surface area contributed by atoms with E-state index in [0.717, 1.165) is 27.6 Å². The lowest BCUT2D eigenvalue weighted by Gasteiger charge is -2.22. The Morgan fingerprint density at radius 2 is 1.18 bits per heavy atom. The van der Waals surface area contributed by atoms with Crippen molar-refractivity contribution in [2.24, 2.45) is 0 Å². The second-order valence-electron chi connectivity index (χ2n) is 12.6. The van der Waals surface area contributed by atoms with Gasteiger partial charge in [-0.05, 0) is 74.8 Å². The SMILES string of the molecule is CC1(C)c2ccccc2-c2ccc(-c3ccc4c(c3)c3ccccc3n4-c3nc4c5c(cccc5n3)-c3ccccc3-4)cc21. The molecule has 0 saturated carbocycles. The van der Waals surface area contributed by atoms with Crippen LogP contribution in [0, 0.1) is 0 Å². The summed E-state index contributed by atoms with van der Waals surface area (Å²) in [4.78, 5) is 10.4. The van der Waals surface area contributed by atoms with Crippen molar-refractivity contribution in [3.05, 3.63) is 139 Å². The highest BCUT2D eigenvalue weighted by Crippen LogP contribution is 2.50. The number of benzene rings is 6. The summed E-state index contributed by atoms with van der Waals surface area (Å²) in [5.41, 5.74) is 15.7. The van der Waals surface area contributed by atoms with Crippen molar-refractivity contribution < 1.29 is 0 Å². The molecule has 206 valence electrons. The van der Waals surface area contributed by atoms with Crippen LogP contribution in [0.4, 0.5) is 0 Å². The number of aromatic nitrogens is 3. The van der Waals surface area contributed by atoms with Gasteiger partial charge in [0.05, 0.1) is 22.2 Å². The van der Waals surface area contributed by atoms with Crippen molar-refractivity contribution in [2.75, 3.05) is 0 Å². The van der Waals surface area contributed by atoms with Crippen molar-refractivity contribution >= 4 is 32.7 Å². The molecule has 2 aromatic heterocycles. The Kier molecular flexibility index (Phi) is 4.52. The van der Waals surface area contributed by atoms with Crippen molar-refractivity contribution in [1.29, 1.82) is 0 Å². The molecular formula is C41H27N3. The van der Waals surface area contributed by atoms with E-state index in [2.05, 4.69) is 146 Å². The van der Waals surface area contributed by atoms with Crippen LogP contribution >= 0.6 is 0 Å². The number of rotatable bonds is 2. The quantitative estimate of drug-likeness (QED) is 0.210. The molecule has 0 spiro atoms. The Labute approximate surface area is 255 Å². The fourth-order valence-electron chi connectivity index (χ4n) is 7.87. The topological polar surface area (TPSA) is 30.7 Å². The average Bonchev–Trinajstić information content (AvgIpc) is 3.65. The molecule has 0 unspecified atom stereocenters. The molecule has 0 saturated heterocycles. The minimum absolute atomic E-state index is 0.0324. The minimum Gasteiger partial charge on any atom is -0.278 e. The molecule has 3 heteroatoms. The van der Waals surface area contributed by atoms with Gasteiger partial charge in [0.1, 0.15) is 0 Å².